The van der Waals surface area contributed by atoms with E-state index < -0.39 is 0 Å². The highest BCUT2D eigenvalue weighted by molar-refractivity contribution is 5.10. The average Bonchev–Trinajstić information content (AvgIpc) is 3.24. The fourth-order valence-corrected chi connectivity index (χ4v) is 3.95. The molecule has 0 aromatic carbocycles. The number of ether oxygens (including phenoxy) is 2. The molecule has 0 spiro atoms. The molecule has 5 nitrogen and oxygen atoms in total. The molecule has 2 atom stereocenters. The second-order valence-electron chi connectivity index (χ2n) is 7.14. The van der Waals surface area contributed by atoms with E-state index in [1.165, 1.54) is 5.56 Å². The molecule has 4 heterocycles. The summed E-state index contributed by atoms with van der Waals surface area (Å²) in [6.45, 7) is 7.96. The summed E-state index contributed by atoms with van der Waals surface area (Å²) in [4.78, 5) is 7.00. The summed E-state index contributed by atoms with van der Waals surface area (Å²) < 4.78 is 17.0. The highest BCUT2D eigenvalue weighted by Crippen LogP contribution is 2.42. The van der Waals surface area contributed by atoms with Crippen LogP contribution in [0, 0.1) is 18.3 Å². The second-order valence-corrected chi connectivity index (χ2v) is 7.14. The largest absolute Gasteiger partial charge is 0.472 e. The molecule has 5 heteroatoms. The van der Waals surface area contributed by atoms with Gasteiger partial charge in [0.15, 0.2) is 0 Å². The summed E-state index contributed by atoms with van der Waals surface area (Å²) >= 11 is 0. The van der Waals surface area contributed by atoms with E-state index >= 15 is 0 Å². The van der Waals surface area contributed by atoms with Crippen LogP contribution in [0.4, 0.5) is 0 Å². The van der Waals surface area contributed by atoms with Gasteiger partial charge in [0, 0.05) is 42.2 Å². The Labute approximate surface area is 142 Å². The van der Waals surface area contributed by atoms with E-state index in [9.17, 15) is 0 Å². The van der Waals surface area contributed by atoms with E-state index in [1.807, 2.05) is 37.5 Å². The Kier molecular flexibility index (Phi) is 4.39. The third-order valence-corrected chi connectivity index (χ3v) is 5.16. The number of furan rings is 1. The van der Waals surface area contributed by atoms with Crippen molar-refractivity contribution in [3.05, 3.63) is 53.7 Å². The van der Waals surface area contributed by atoms with Crippen molar-refractivity contribution in [3.8, 4) is 0 Å². The quantitative estimate of drug-likeness (QED) is 0.816. The minimum absolute atomic E-state index is 0.119. The zero-order valence-corrected chi connectivity index (χ0v) is 14.1. The molecule has 0 amide bonds. The molecule has 2 aromatic heterocycles. The average molecular weight is 328 g/mol. The first-order chi connectivity index (χ1) is 11.7. The van der Waals surface area contributed by atoms with Crippen molar-refractivity contribution in [1.29, 1.82) is 0 Å². The topological polar surface area (TPSA) is 47.7 Å². The van der Waals surface area contributed by atoms with Gasteiger partial charge in [-0.15, -0.1) is 0 Å². The summed E-state index contributed by atoms with van der Waals surface area (Å²) in [5.41, 5.74) is 3.38. The van der Waals surface area contributed by atoms with Gasteiger partial charge in [-0.3, -0.25) is 9.88 Å². The van der Waals surface area contributed by atoms with E-state index in [-0.39, 0.29) is 5.41 Å². The molecule has 4 rings (SSSR count). The van der Waals surface area contributed by atoms with Crippen molar-refractivity contribution in [2.24, 2.45) is 11.3 Å². The predicted molar refractivity (Wildman–Crippen MR) is 89.4 cm³/mol. The molecule has 0 saturated carbocycles. The van der Waals surface area contributed by atoms with Gasteiger partial charge in [0.1, 0.15) is 0 Å². The number of likely N-dealkylation sites (tertiary alicyclic amines) is 1. The summed E-state index contributed by atoms with van der Waals surface area (Å²) in [6, 6.07) is 8.10. The third kappa shape index (κ3) is 3.24. The summed E-state index contributed by atoms with van der Waals surface area (Å²) in [5, 5.41) is 0. The normalized spacial score (nSPS) is 26.8. The Morgan fingerprint density at radius 3 is 3.17 bits per heavy atom. The molecule has 128 valence electrons. The molecule has 2 fully saturated rings. The maximum Gasteiger partial charge on any atom is 0.0947 e. The first-order valence-electron chi connectivity index (χ1n) is 8.55. The Balaban J connectivity index is 1.35. The van der Waals surface area contributed by atoms with Crippen LogP contribution < -0.4 is 0 Å². The lowest BCUT2D eigenvalue weighted by atomic mass is 9.82. The Bertz CT molecular complexity index is 673. The molecular formula is C19H24N2O3. The molecule has 0 N–H and O–H groups in total. The van der Waals surface area contributed by atoms with Crippen LogP contribution in [0.25, 0.3) is 0 Å². The molecular weight excluding hydrogens is 304 g/mol. The van der Waals surface area contributed by atoms with Crippen molar-refractivity contribution in [3.63, 3.8) is 0 Å². The second kappa shape index (κ2) is 6.67. The third-order valence-electron chi connectivity index (χ3n) is 5.16. The maximum atomic E-state index is 6.06. The van der Waals surface area contributed by atoms with Gasteiger partial charge >= 0.3 is 0 Å². The molecule has 0 bridgehead atoms. The lowest BCUT2D eigenvalue weighted by molar-refractivity contribution is 0.0171. The van der Waals surface area contributed by atoms with Gasteiger partial charge in [-0.05, 0) is 25.1 Å². The van der Waals surface area contributed by atoms with Gasteiger partial charge in [0.25, 0.3) is 0 Å². The monoisotopic (exact) mass is 328 g/mol. The zero-order valence-electron chi connectivity index (χ0n) is 14.1. The van der Waals surface area contributed by atoms with E-state index in [1.54, 1.807) is 6.26 Å². The number of fused-ring (bicyclic) bond motifs is 1. The van der Waals surface area contributed by atoms with Crippen LogP contribution in [-0.2, 0) is 22.6 Å². The van der Waals surface area contributed by atoms with E-state index in [0.717, 1.165) is 50.8 Å². The number of nitrogens with zero attached hydrogens (tertiary/aromatic N) is 2. The molecule has 2 saturated heterocycles. The number of aryl methyl sites for hydroxylation is 1. The smallest absolute Gasteiger partial charge is 0.0947 e. The Morgan fingerprint density at radius 1 is 1.38 bits per heavy atom. The zero-order chi connectivity index (χ0) is 16.4. The lowest BCUT2D eigenvalue weighted by Crippen LogP contribution is -2.35. The molecule has 2 aliphatic rings. The SMILES string of the molecule is Cc1cccc(COC[C@]23COC[C@H]2CN(Cc2ccoc2)C3)n1. The van der Waals surface area contributed by atoms with Crippen LogP contribution in [0.2, 0.25) is 0 Å². The van der Waals surface area contributed by atoms with Crippen LogP contribution in [0.5, 0.6) is 0 Å². The molecule has 0 aliphatic carbocycles. The van der Waals surface area contributed by atoms with E-state index in [4.69, 9.17) is 13.9 Å². The van der Waals surface area contributed by atoms with Crippen molar-refractivity contribution in [2.45, 2.75) is 20.1 Å². The van der Waals surface area contributed by atoms with Crippen molar-refractivity contribution >= 4 is 0 Å². The number of hydrogen-bond donors (Lipinski definition) is 0. The summed E-state index contributed by atoms with van der Waals surface area (Å²) in [5.74, 6) is 0.551. The van der Waals surface area contributed by atoms with Gasteiger partial charge in [-0.25, -0.2) is 0 Å². The minimum Gasteiger partial charge on any atom is -0.472 e. The minimum atomic E-state index is 0.119. The first kappa shape index (κ1) is 15.8. The molecule has 2 aliphatic heterocycles. The van der Waals surface area contributed by atoms with Crippen molar-refractivity contribution in [2.75, 3.05) is 32.9 Å². The van der Waals surface area contributed by atoms with Gasteiger partial charge in [0.05, 0.1) is 44.6 Å². The fraction of sp³-hybridized carbons (Fsp3) is 0.526. The molecule has 0 radical (unpaired) electrons. The molecule has 0 unspecified atom stereocenters. The van der Waals surface area contributed by atoms with Crippen LogP contribution in [0.15, 0.2) is 41.2 Å². The standard InChI is InChI=1S/C19H24N2O3/c1-15-3-2-4-18(20-15)11-24-14-19-12-21(7-16-5-6-22-9-16)8-17(19)10-23-13-19/h2-6,9,17H,7-8,10-14H2,1H3/t17-,19+/m1/s1. The predicted octanol–water partition coefficient (Wildman–Crippen LogP) is 2.65. The highest BCUT2D eigenvalue weighted by Gasteiger charge is 2.50. The maximum absolute atomic E-state index is 6.06. The number of pyridine rings is 1. The summed E-state index contributed by atoms with van der Waals surface area (Å²) in [6.07, 6.45) is 3.57. The number of hydrogen-bond acceptors (Lipinski definition) is 5. The first-order valence-corrected chi connectivity index (χ1v) is 8.55. The van der Waals surface area contributed by atoms with Crippen LogP contribution >= 0.6 is 0 Å². The van der Waals surface area contributed by atoms with Crippen LogP contribution in [0.3, 0.4) is 0 Å². The molecule has 2 aromatic rings. The molecule has 24 heavy (non-hydrogen) atoms. The van der Waals surface area contributed by atoms with Gasteiger partial charge in [-0.2, -0.15) is 0 Å². The van der Waals surface area contributed by atoms with Gasteiger partial charge in [-0.1, -0.05) is 6.07 Å². The van der Waals surface area contributed by atoms with E-state index in [2.05, 4.69) is 9.88 Å². The Hall–Kier alpha value is -1.69. The number of rotatable bonds is 6. The fourth-order valence-electron chi connectivity index (χ4n) is 3.95. The van der Waals surface area contributed by atoms with Crippen LogP contribution in [0.1, 0.15) is 17.0 Å². The van der Waals surface area contributed by atoms with Gasteiger partial charge < -0.3 is 13.9 Å². The Morgan fingerprint density at radius 2 is 2.33 bits per heavy atom. The lowest BCUT2D eigenvalue weighted by Gasteiger charge is -2.27. The van der Waals surface area contributed by atoms with Crippen molar-refractivity contribution in [1.82, 2.24) is 9.88 Å². The number of aromatic nitrogens is 1. The summed E-state index contributed by atoms with van der Waals surface area (Å²) in [7, 11) is 0. The highest BCUT2D eigenvalue weighted by atomic mass is 16.5. The van der Waals surface area contributed by atoms with Crippen molar-refractivity contribution < 1.29 is 13.9 Å². The van der Waals surface area contributed by atoms with E-state index in [0.29, 0.717) is 12.5 Å². The van der Waals surface area contributed by atoms with Crippen LogP contribution in [-0.4, -0.2) is 42.8 Å². The van der Waals surface area contributed by atoms with Gasteiger partial charge in [0.2, 0.25) is 0 Å².